The molecule has 8 aromatic carbocycles. The molecule has 0 N–H and O–H groups in total. The van der Waals surface area contributed by atoms with Gasteiger partial charge < -0.3 is 8.83 Å². The minimum Gasteiger partial charge on any atom is -0.456 e. The number of benzene rings is 8. The summed E-state index contributed by atoms with van der Waals surface area (Å²) in [4.78, 5) is 15.7. The van der Waals surface area contributed by atoms with Gasteiger partial charge in [-0.3, -0.25) is 0 Å². The fourth-order valence-electron chi connectivity index (χ4n) is 7.78. The minimum absolute atomic E-state index is 0.581. The van der Waals surface area contributed by atoms with Gasteiger partial charge in [-0.2, -0.15) is 0 Å². The summed E-state index contributed by atoms with van der Waals surface area (Å²) in [5.74, 6) is 1.77. The third-order valence-electron chi connectivity index (χ3n) is 10.1. The van der Waals surface area contributed by atoms with E-state index in [-0.39, 0.29) is 0 Å². The Bertz CT molecular complexity index is 3180. The molecule has 3 heterocycles. The molecule has 0 saturated heterocycles. The highest BCUT2D eigenvalue weighted by molar-refractivity contribution is 6.31. The van der Waals surface area contributed by atoms with Crippen molar-refractivity contribution in [2.45, 2.75) is 0 Å². The SMILES string of the molecule is c1ccc(-c2nc(-c3cc4c5ccccc5c5c6ccccc6oc5c4cc3-c3ccccc3)nc(-c3cccc4oc5ccccc5c34)n2)cc1. The van der Waals surface area contributed by atoms with Gasteiger partial charge in [0, 0.05) is 43.6 Å². The number of hydrogen-bond donors (Lipinski definition) is 0. The monoisotopic (exact) mass is 665 g/mol. The van der Waals surface area contributed by atoms with Gasteiger partial charge in [0.25, 0.3) is 0 Å². The highest BCUT2D eigenvalue weighted by atomic mass is 16.3. The van der Waals surface area contributed by atoms with Gasteiger partial charge in [-0.25, -0.2) is 15.0 Å². The van der Waals surface area contributed by atoms with Crippen LogP contribution in [-0.2, 0) is 0 Å². The molecule has 0 aliphatic carbocycles. The van der Waals surface area contributed by atoms with E-state index < -0.39 is 0 Å². The highest BCUT2D eigenvalue weighted by Gasteiger charge is 2.22. The van der Waals surface area contributed by atoms with Crippen LogP contribution in [0.15, 0.2) is 173 Å². The lowest BCUT2D eigenvalue weighted by Crippen LogP contribution is -2.01. The van der Waals surface area contributed by atoms with Crippen LogP contribution in [0.1, 0.15) is 0 Å². The lowest BCUT2D eigenvalue weighted by Gasteiger charge is -2.15. The smallest absolute Gasteiger partial charge is 0.164 e. The lowest BCUT2D eigenvalue weighted by atomic mass is 9.90. The van der Waals surface area contributed by atoms with E-state index in [2.05, 4.69) is 84.9 Å². The maximum atomic E-state index is 6.68. The molecule has 0 aliphatic rings. The number of rotatable bonds is 4. The first-order valence-corrected chi connectivity index (χ1v) is 17.4. The summed E-state index contributed by atoms with van der Waals surface area (Å²) >= 11 is 0. The van der Waals surface area contributed by atoms with Crippen molar-refractivity contribution in [1.29, 1.82) is 0 Å². The van der Waals surface area contributed by atoms with E-state index in [1.165, 1.54) is 0 Å². The molecule has 11 rings (SSSR count). The average Bonchev–Trinajstić information content (AvgIpc) is 3.80. The third kappa shape index (κ3) is 4.33. The van der Waals surface area contributed by atoms with Crippen molar-refractivity contribution in [3.05, 3.63) is 164 Å². The first kappa shape index (κ1) is 28.7. The van der Waals surface area contributed by atoms with Gasteiger partial charge in [-0.1, -0.05) is 133 Å². The average molecular weight is 666 g/mol. The fourth-order valence-corrected chi connectivity index (χ4v) is 7.78. The molecule has 0 radical (unpaired) electrons. The maximum Gasteiger partial charge on any atom is 0.164 e. The highest BCUT2D eigenvalue weighted by Crippen LogP contribution is 2.45. The van der Waals surface area contributed by atoms with Crippen LogP contribution in [0.5, 0.6) is 0 Å². The van der Waals surface area contributed by atoms with Crippen LogP contribution in [0.3, 0.4) is 0 Å². The molecule has 52 heavy (non-hydrogen) atoms. The number of para-hydroxylation sites is 2. The Morgan fingerprint density at radius 3 is 1.60 bits per heavy atom. The van der Waals surface area contributed by atoms with Crippen molar-refractivity contribution in [2.75, 3.05) is 0 Å². The molecule has 0 spiro atoms. The topological polar surface area (TPSA) is 65.0 Å². The first-order chi connectivity index (χ1) is 25.8. The van der Waals surface area contributed by atoms with Gasteiger partial charge >= 0.3 is 0 Å². The predicted molar refractivity (Wildman–Crippen MR) is 211 cm³/mol. The zero-order valence-corrected chi connectivity index (χ0v) is 27.7. The molecule has 11 aromatic rings. The van der Waals surface area contributed by atoms with E-state index in [9.17, 15) is 0 Å². The Morgan fingerprint density at radius 1 is 0.308 bits per heavy atom. The molecule has 5 heteroatoms. The molecule has 242 valence electrons. The predicted octanol–water partition coefficient (Wildman–Crippen LogP) is 12.6. The molecule has 0 atom stereocenters. The Labute approximate surface area is 297 Å². The van der Waals surface area contributed by atoms with E-state index in [1.54, 1.807) is 0 Å². The minimum atomic E-state index is 0.581. The Kier molecular flexibility index (Phi) is 6.18. The quantitative estimate of drug-likeness (QED) is 0.175. The number of nitrogens with zero attached hydrogens (tertiary/aromatic N) is 3. The maximum absolute atomic E-state index is 6.68. The van der Waals surface area contributed by atoms with Crippen LogP contribution in [0.25, 0.3) is 111 Å². The van der Waals surface area contributed by atoms with E-state index >= 15 is 0 Å². The molecular weight excluding hydrogens is 639 g/mol. The molecule has 0 unspecified atom stereocenters. The van der Waals surface area contributed by atoms with E-state index in [0.717, 1.165) is 93.2 Å². The second kappa shape index (κ2) is 11.2. The summed E-state index contributed by atoms with van der Waals surface area (Å²) in [6, 6.07) is 56.1. The molecule has 0 bridgehead atoms. The summed E-state index contributed by atoms with van der Waals surface area (Å²) in [5.41, 5.74) is 8.13. The summed E-state index contributed by atoms with van der Waals surface area (Å²) in [6.07, 6.45) is 0. The number of hydrogen-bond acceptors (Lipinski definition) is 5. The summed E-state index contributed by atoms with van der Waals surface area (Å²) in [6.45, 7) is 0. The molecule has 0 fully saturated rings. The van der Waals surface area contributed by atoms with Gasteiger partial charge in [-0.15, -0.1) is 0 Å². The number of furan rings is 2. The van der Waals surface area contributed by atoms with Gasteiger partial charge in [0.1, 0.15) is 22.3 Å². The number of fused-ring (bicyclic) bond motifs is 11. The third-order valence-corrected chi connectivity index (χ3v) is 10.1. The fraction of sp³-hybridized carbons (Fsp3) is 0. The van der Waals surface area contributed by atoms with Crippen LogP contribution >= 0.6 is 0 Å². The van der Waals surface area contributed by atoms with E-state index in [0.29, 0.717) is 17.5 Å². The molecule has 0 saturated carbocycles. The zero-order valence-electron chi connectivity index (χ0n) is 27.7. The van der Waals surface area contributed by atoms with Crippen LogP contribution < -0.4 is 0 Å². The van der Waals surface area contributed by atoms with Crippen molar-refractivity contribution < 1.29 is 8.83 Å². The molecule has 0 amide bonds. The van der Waals surface area contributed by atoms with Crippen LogP contribution in [0.4, 0.5) is 0 Å². The number of aromatic nitrogens is 3. The summed E-state index contributed by atoms with van der Waals surface area (Å²) in [5, 5.41) is 8.64. The lowest BCUT2D eigenvalue weighted by molar-refractivity contribution is 0.669. The molecule has 5 nitrogen and oxygen atoms in total. The van der Waals surface area contributed by atoms with Crippen molar-refractivity contribution in [3.63, 3.8) is 0 Å². The van der Waals surface area contributed by atoms with Gasteiger partial charge in [0.2, 0.25) is 0 Å². The standard InChI is InChI=1S/C47H27N3O2/c1-3-14-28(15-4-1)35-26-37-36(30-18-7-8-19-31(30)43-33-21-10-12-24-40(33)52-44(37)43)27-38(35)47-49-45(29-16-5-2-6-17-29)48-46(50-47)34-22-13-25-41-42(34)32-20-9-11-23-39(32)51-41/h1-27H. The van der Waals surface area contributed by atoms with E-state index in [1.807, 2.05) is 78.9 Å². The van der Waals surface area contributed by atoms with Crippen molar-refractivity contribution >= 4 is 65.4 Å². The Balaban J connectivity index is 1.27. The zero-order chi connectivity index (χ0) is 34.2. The van der Waals surface area contributed by atoms with Crippen molar-refractivity contribution in [3.8, 4) is 45.3 Å². The van der Waals surface area contributed by atoms with Crippen LogP contribution in [0, 0.1) is 0 Å². The van der Waals surface area contributed by atoms with E-state index in [4.69, 9.17) is 23.8 Å². The summed E-state index contributed by atoms with van der Waals surface area (Å²) < 4.78 is 13.0. The summed E-state index contributed by atoms with van der Waals surface area (Å²) in [7, 11) is 0. The normalized spacial score (nSPS) is 11.8. The van der Waals surface area contributed by atoms with Gasteiger partial charge in [0.15, 0.2) is 17.5 Å². The Morgan fingerprint density at radius 2 is 0.846 bits per heavy atom. The largest absolute Gasteiger partial charge is 0.456 e. The van der Waals surface area contributed by atoms with Gasteiger partial charge in [0.05, 0.1) is 0 Å². The molecule has 3 aromatic heterocycles. The molecule has 0 aliphatic heterocycles. The molecular formula is C47H27N3O2. The van der Waals surface area contributed by atoms with Crippen LogP contribution in [0.2, 0.25) is 0 Å². The second-order valence-electron chi connectivity index (χ2n) is 13.1. The van der Waals surface area contributed by atoms with Crippen molar-refractivity contribution in [2.24, 2.45) is 0 Å². The van der Waals surface area contributed by atoms with Gasteiger partial charge in [-0.05, 0) is 57.6 Å². The van der Waals surface area contributed by atoms with Crippen molar-refractivity contribution in [1.82, 2.24) is 15.0 Å². The second-order valence-corrected chi connectivity index (χ2v) is 13.1. The Hall–Kier alpha value is -7.11. The van der Waals surface area contributed by atoms with Crippen LogP contribution in [-0.4, -0.2) is 15.0 Å². The first-order valence-electron chi connectivity index (χ1n) is 17.4.